The summed E-state index contributed by atoms with van der Waals surface area (Å²) in [7, 11) is -1.88. The molecule has 0 saturated heterocycles. The van der Waals surface area contributed by atoms with Crippen molar-refractivity contribution >= 4 is 15.8 Å². The van der Waals surface area contributed by atoms with Gasteiger partial charge in [0.15, 0.2) is 9.84 Å². The Bertz CT molecular complexity index is 337. The number of rotatable bonds is 6. The first-order valence-corrected chi connectivity index (χ1v) is 6.91. The Labute approximate surface area is 97.3 Å². The van der Waals surface area contributed by atoms with Crippen LogP contribution < -0.4 is 5.73 Å². The molecule has 0 spiro atoms. The van der Waals surface area contributed by atoms with E-state index in [4.69, 9.17) is 5.73 Å². The fourth-order valence-electron chi connectivity index (χ4n) is 1.14. The normalized spacial score (nSPS) is 15.9. The maximum absolute atomic E-state index is 11.6. The van der Waals surface area contributed by atoms with E-state index in [1.54, 1.807) is 20.8 Å². The van der Waals surface area contributed by atoms with Crippen LogP contribution in [0.5, 0.6) is 0 Å². The highest BCUT2D eigenvalue weighted by Crippen LogP contribution is 2.23. The van der Waals surface area contributed by atoms with Gasteiger partial charge in [0.25, 0.3) is 0 Å². The van der Waals surface area contributed by atoms with Crippen molar-refractivity contribution in [2.45, 2.75) is 32.4 Å². The minimum atomic E-state index is -3.15. The summed E-state index contributed by atoms with van der Waals surface area (Å²) in [5.41, 5.74) is 4.57. The van der Waals surface area contributed by atoms with Crippen molar-refractivity contribution < 1.29 is 17.9 Å². The highest BCUT2D eigenvalue weighted by Gasteiger charge is 2.34. The number of sulfone groups is 1. The Balaban J connectivity index is 4.65. The molecule has 0 aromatic rings. The Morgan fingerprint density at radius 3 is 2.25 bits per heavy atom. The summed E-state index contributed by atoms with van der Waals surface area (Å²) in [4.78, 5) is 11.5. The van der Waals surface area contributed by atoms with E-state index in [-0.39, 0.29) is 18.7 Å². The van der Waals surface area contributed by atoms with E-state index in [1.807, 2.05) is 0 Å². The van der Waals surface area contributed by atoms with Crippen LogP contribution in [0.15, 0.2) is 0 Å². The van der Waals surface area contributed by atoms with Gasteiger partial charge >= 0.3 is 5.97 Å². The second-order valence-corrected chi connectivity index (χ2v) is 7.10. The molecule has 96 valence electrons. The Hall–Kier alpha value is -0.620. The molecule has 0 saturated carbocycles. The molecule has 0 bridgehead atoms. The van der Waals surface area contributed by atoms with Gasteiger partial charge in [-0.3, -0.25) is 4.79 Å². The van der Waals surface area contributed by atoms with Crippen LogP contribution in [-0.4, -0.2) is 39.0 Å². The average Bonchev–Trinajstić information content (AvgIpc) is 2.24. The molecule has 6 heteroatoms. The summed E-state index contributed by atoms with van der Waals surface area (Å²) in [5, 5.41) is -0.438. The monoisotopic (exact) mass is 251 g/mol. The first kappa shape index (κ1) is 15.4. The van der Waals surface area contributed by atoms with Crippen molar-refractivity contribution in [2.24, 2.45) is 11.1 Å². The van der Waals surface area contributed by atoms with Crippen molar-refractivity contribution in [1.82, 2.24) is 0 Å². The van der Waals surface area contributed by atoms with Gasteiger partial charge in [0, 0.05) is 6.54 Å². The van der Waals surface area contributed by atoms with E-state index >= 15 is 0 Å². The largest absolute Gasteiger partial charge is 0.469 e. The minimum absolute atomic E-state index is 0.0481. The van der Waals surface area contributed by atoms with Crippen LogP contribution >= 0.6 is 0 Å². The molecule has 0 aliphatic rings. The van der Waals surface area contributed by atoms with E-state index < -0.39 is 26.5 Å². The number of esters is 1. The number of hydrogen-bond acceptors (Lipinski definition) is 5. The van der Waals surface area contributed by atoms with Crippen molar-refractivity contribution in [3.05, 3.63) is 0 Å². The van der Waals surface area contributed by atoms with E-state index in [1.165, 1.54) is 7.11 Å². The molecule has 0 amide bonds. The van der Waals surface area contributed by atoms with Crippen LogP contribution in [0.3, 0.4) is 0 Å². The lowest BCUT2D eigenvalue weighted by molar-refractivity contribution is -0.151. The molecule has 0 aliphatic heterocycles. The molecule has 16 heavy (non-hydrogen) atoms. The van der Waals surface area contributed by atoms with Gasteiger partial charge in [-0.05, 0) is 27.2 Å². The number of methoxy groups -OCH3 is 1. The Morgan fingerprint density at radius 1 is 1.44 bits per heavy atom. The zero-order valence-corrected chi connectivity index (χ0v) is 11.1. The summed E-state index contributed by atoms with van der Waals surface area (Å²) in [6, 6.07) is 0. The first-order chi connectivity index (χ1) is 7.19. The number of nitrogens with two attached hydrogens (primary N) is 1. The molecule has 0 radical (unpaired) electrons. The Morgan fingerprint density at radius 2 is 1.94 bits per heavy atom. The SMILES string of the molecule is COC(=O)C(C)(CN)CCS(=O)(=O)C(C)C. The summed E-state index contributed by atoms with van der Waals surface area (Å²) < 4.78 is 27.8. The maximum Gasteiger partial charge on any atom is 0.312 e. The number of ether oxygens (including phenoxy) is 1. The molecule has 1 atom stereocenters. The van der Waals surface area contributed by atoms with Crippen LogP contribution in [0.4, 0.5) is 0 Å². The van der Waals surface area contributed by atoms with Crippen molar-refractivity contribution in [2.75, 3.05) is 19.4 Å². The second-order valence-electron chi connectivity index (χ2n) is 4.42. The van der Waals surface area contributed by atoms with Crippen LogP contribution in [0.2, 0.25) is 0 Å². The van der Waals surface area contributed by atoms with Gasteiger partial charge in [0.05, 0.1) is 23.5 Å². The van der Waals surface area contributed by atoms with Crippen molar-refractivity contribution in [3.63, 3.8) is 0 Å². The van der Waals surface area contributed by atoms with Crippen LogP contribution in [0.1, 0.15) is 27.2 Å². The van der Waals surface area contributed by atoms with Gasteiger partial charge in [-0.2, -0.15) is 0 Å². The van der Waals surface area contributed by atoms with Gasteiger partial charge < -0.3 is 10.5 Å². The lowest BCUT2D eigenvalue weighted by Crippen LogP contribution is -2.39. The van der Waals surface area contributed by atoms with E-state index in [9.17, 15) is 13.2 Å². The molecule has 0 aromatic carbocycles. The van der Waals surface area contributed by atoms with Crippen LogP contribution in [-0.2, 0) is 19.4 Å². The molecule has 5 nitrogen and oxygen atoms in total. The van der Waals surface area contributed by atoms with Gasteiger partial charge in [0.2, 0.25) is 0 Å². The molecular weight excluding hydrogens is 230 g/mol. The topological polar surface area (TPSA) is 86.5 Å². The van der Waals surface area contributed by atoms with Gasteiger partial charge in [0.1, 0.15) is 0 Å². The molecule has 0 heterocycles. The third-order valence-corrected chi connectivity index (χ3v) is 4.99. The molecular formula is C10H21NO4S. The molecule has 0 rings (SSSR count). The molecule has 0 aromatic heterocycles. The lowest BCUT2D eigenvalue weighted by atomic mass is 9.88. The van der Waals surface area contributed by atoms with E-state index in [2.05, 4.69) is 4.74 Å². The summed E-state index contributed by atoms with van der Waals surface area (Å²) in [6.07, 6.45) is 0.191. The van der Waals surface area contributed by atoms with Crippen molar-refractivity contribution in [1.29, 1.82) is 0 Å². The van der Waals surface area contributed by atoms with Crippen LogP contribution in [0.25, 0.3) is 0 Å². The first-order valence-electron chi connectivity index (χ1n) is 5.19. The predicted octanol–water partition coefficient (Wildman–Crippen LogP) is 0.338. The number of carbonyl (C=O) groups is 1. The van der Waals surface area contributed by atoms with Gasteiger partial charge in [-0.1, -0.05) is 0 Å². The average molecular weight is 251 g/mol. The van der Waals surface area contributed by atoms with E-state index in [0.717, 1.165) is 0 Å². The van der Waals surface area contributed by atoms with Crippen molar-refractivity contribution in [3.8, 4) is 0 Å². The highest BCUT2D eigenvalue weighted by atomic mass is 32.2. The summed E-state index contributed by atoms with van der Waals surface area (Å²) in [5.74, 6) is -0.512. The standard InChI is InChI=1S/C10H21NO4S/c1-8(2)16(13,14)6-5-10(3,7-11)9(12)15-4/h8H,5-7,11H2,1-4H3. The predicted molar refractivity (Wildman–Crippen MR) is 62.7 cm³/mol. The summed E-state index contributed by atoms with van der Waals surface area (Å²) >= 11 is 0. The molecule has 0 aliphatic carbocycles. The fourth-order valence-corrected chi connectivity index (χ4v) is 2.34. The highest BCUT2D eigenvalue weighted by molar-refractivity contribution is 7.91. The lowest BCUT2D eigenvalue weighted by Gasteiger charge is -2.24. The van der Waals surface area contributed by atoms with Gasteiger partial charge in [-0.15, -0.1) is 0 Å². The number of hydrogen-bond donors (Lipinski definition) is 1. The van der Waals surface area contributed by atoms with E-state index in [0.29, 0.717) is 0 Å². The maximum atomic E-state index is 11.6. The zero-order valence-electron chi connectivity index (χ0n) is 10.3. The summed E-state index contributed by atoms with van der Waals surface area (Å²) in [6.45, 7) is 4.93. The zero-order chi connectivity index (χ0) is 13.0. The molecule has 0 fully saturated rings. The smallest absolute Gasteiger partial charge is 0.312 e. The van der Waals surface area contributed by atoms with Crippen LogP contribution in [0, 0.1) is 5.41 Å². The molecule has 1 unspecified atom stereocenters. The second kappa shape index (κ2) is 5.63. The third-order valence-electron chi connectivity index (χ3n) is 2.79. The quantitative estimate of drug-likeness (QED) is 0.688. The third kappa shape index (κ3) is 3.75. The minimum Gasteiger partial charge on any atom is -0.469 e. The molecule has 2 N–H and O–H groups in total. The Kier molecular flexibility index (Phi) is 5.41. The van der Waals surface area contributed by atoms with Gasteiger partial charge in [-0.25, -0.2) is 8.42 Å². The number of carbonyl (C=O) groups excluding carboxylic acids is 1. The fraction of sp³-hybridized carbons (Fsp3) is 0.900.